The Bertz CT molecular complexity index is 3060. The van der Waals surface area contributed by atoms with E-state index in [1.165, 1.54) is 88.0 Å². The first-order chi connectivity index (χ1) is 28.5. The van der Waals surface area contributed by atoms with Gasteiger partial charge in [-0.15, -0.1) is 0 Å². The third-order valence-corrected chi connectivity index (χ3v) is 12.5. The fourth-order valence-corrected chi connectivity index (χ4v) is 9.43. The lowest BCUT2D eigenvalue weighted by atomic mass is 9.80. The standard InChI is InChI=1S/C57H41N/c1-57(2)55-35-43(27-34-51(55)54-36-52-49-19-11-9-17-47(49)48-18-10-12-20-50(48)53(52)37-56(54)57)42-25-32-46(33-26-42)58(44-28-21-40(22-29-44)38-13-5-3-6-14-38)45-30-23-41(24-31-45)39-15-7-4-8-16-39/h3-37H,1-2H3. The second-order valence-electron chi connectivity index (χ2n) is 16.1. The number of anilines is 3. The van der Waals surface area contributed by atoms with Crippen molar-refractivity contribution in [1.82, 2.24) is 0 Å². The van der Waals surface area contributed by atoms with Crippen molar-refractivity contribution in [2.75, 3.05) is 4.90 Å². The zero-order chi connectivity index (χ0) is 38.8. The molecular weight excluding hydrogens is 699 g/mol. The maximum absolute atomic E-state index is 2.49. The van der Waals surface area contributed by atoms with Crippen LogP contribution in [-0.2, 0) is 5.41 Å². The zero-order valence-electron chi connectivity index (χ0n) is 32.7. The summed E-state index contributed by atoms with van der Waals surface area (Å²) in [4.78, 5) is 2.36. The smallest absolute Gasteiger partial charge is 0.0462 e. The van der Waals surface area contributed by atoms with Crippen LogP contribution in [0.5, 0.6) is 0 Å². The van der Waals surface area contributed by atoms with Gasteiger partial charge >= 0.3 is 0 Å². The number of rotatable bonds is 6. The Hall–Kier alpha value is -7.22. The summed E-state index contributed by atoms with van der Waals surface area (Å²) in [6, 6.07) is 77.9. The van der Waals surface area contributed by atoms with E-state index in [0.29, 0.717) is 0 Å². The topological polar surface area (TPSA) is 3.24 Å². The number of benzene rings is 10. The van der Waals surface area contributed by atoms with Crippen molar-refractivity contribution >= 4 is 49.4 Å². The second kappa shape index (κ2) is 13.5. The Labute approximate surface area is 340 Å². The first-order valence-corrected chi connectivity index (χ1v) is 20.3. The number of hydrogen-bond donors (Lipinski definition) is 0. The van der Waals surface area contributed by atoms with E-state index in [0.717, 1.165) is 17.1 Å². The quantitative estimate of drug-likeness (QED) is 0.154. The first kappa shape index (κ1) is 34.1. The van der Waals surface area contributed by atoms with E-state index in [9.17, 15) is 0 Å². The average molecular weight is 740 g/mol. The fraction of sp³-hybridized carbons (Fsp3) is 0.0526. The molecule has 1 aliphatic rings. The van der Waals surface area contributed by atoms with Gasteiger partial charge in [-0.05, 0) is 143 Å². The Morgan fingerprint density at radius 3 is 1.09 bits per heavy atom. The Morgan fingerprint density at radius 2 is 0.621 bits per heavy atom. The maximum Gasteiger partial charge on any atom is 0.0462 e. The van der Waals surface area contributed by atoms with Crippen LogP contribution in [0.2, 0.25) is 0 Å². The van der Waals surface area contributed by atoms with Crippen molar-refractivity contribution in [3.63, 3.8) is 0 Å². The first-order valence-electron chi connectivity index (χ1n) is 20.3. The molecule has 0 amide bonds. The van der Waals surface area contributed by atoms with E-state index in [-0.39, 0.29) is 5.41 Å². The van der Waals surface area contributed by atoms with E-state index in [1.807, 2.05) is 0 Å². The molecule has 0 aliphatic heterocycles. The van der Waals surface area contributed by atoms with Crippen LogP contribution < -0.4 is 4.90 Å². The molecule has 0 saturated carbocycles. The summed E-state index contributed by atoms with van der Waals surface area (Å²) in [7, 11) is 0. The second-order valence-corrected chi connectivity index (χ2v) is 16.1. The average Bonchev–Trinajstić information content (AvgIpc) is 3.51. The van der Waals surface area contributed by atoms with Crippen molar-refractivity contribution < 1.29 is 0 Å². The summed E-state index contributed by atoms with van der Waals surface area (Å²) in [5.41, 5.74) is 15.9. The molecule has 1 heteroatoms. The largest absolute Gasteiger partial charge is 0.311 e. The van der Waals surface area contributed by atoms with Crippen LogP contribution in [-0.4, -0.2) is 0 Å². The molecule has 10 aromatic carbocycles. The summed E-state index contributed by atoms with van der Waals surface area (Å²) in [5.74, 6) is 0. The van der Waals surface area contributed by atoms with Gasteiger partial charge in [-0.3, -0.25) is 0 Å². The van der Waals surface area contributed by atoms with Gasteiger partial charge in [-0.25, -0.2) is 0 Å². The molecule has 1 aliphatic carbocycles. The van der Waals surface area contributed by atoms with Crippen LogP contribution in [0, 0.1) is 0 Å². The third-order valence-electron chi connectivity index (χ3n) is 12.5. The highest BCUT2D eigenvalue weighted by Crippen LogP contribution is 2.52. The fourth-order valence-electron chi connectivity index (χ4n) is 9.43. The van der Waals surface area contributed by atoms with Gasteiger partial charge in [0.15, 0.2) is 0 Å². The normalized spacial score (nSPS) is 12.8. The van der Waals surface area contributed by atoms with Crippen molar-refractivity contribution in [2.45, 2.75) is 19.3 Å². The van der Waals surface area contributed by atoms with Crippen molar-refractivity contribution in [1.29, 1.82) is 0 Å². The molecule has 1 nitrogen and oxygen atoms in total. The van der Waals surface area contributed by atoms with Gasteiger partial charge in [0, 0.05) is 22.5 Å². The molecule has 0 aromatic heterocycles. The van der Waals surface area contributed by atoms with Crippen LogP contribution in [0.4, 0.5) is 17.1 Å². The molecule has 10 aromatic rings. The third kappa shape index (κ3) is 5.54. The molecule has 0 radical (unpaired) electrons. The number of hydrogen-bond acceptors (Lipinski definition) is 1. The summed E-state index contributed by atoms with van der Waals surface area (Å²) < 4.78 is 0. The molecule has 0 unspecified atom stereocenters. The van der Waals surface area contributed by atoms with E-state index in [4.69, 9.17) is 0 Å². The lowest BCUT2D eigenvalue weighted by Crippen LogP contribution is -2.15. The van der Waals surface area contributed by atoms with Crippen LogP contribution in [0.15, 0.2) is 212 Å². The number of fused-ring (bicyclic) bond motifs is 9. The van der Waals surface area contributed by atoms with Gasteiger partial charge < -0.3 is 4.90 Å². The van der Waals surface area contributed by atoms with Crippen LogP contribution >= 0.6 is 0 Å². The molecule has 0 heterocycles. The van der Waals surface area contributed by atoms with E-state index in [2.05, 4.69) is 231 Å². The molecule has 274 valence electrons. The van der Waals surface area contributed by atoms with Crippen LogP contribution in [0.3, 0.4) is 0 Å². The molecule has 11 rings (SSSR count). The minimum Gasteiger partial charge on any atom is -0.311 e. The molecule has 58 heavy (non-hydrogen) atoms. The van der Waals surface area contributed by atoms with E-state index in [1.54, 1.807) is 0 Å². The molecule has 0 spiro atoms. The predicted molar refractivity (Wildman–Crippen MR) is 248 cm³/mol. The monoisotopic (exact) mass is 739 g/mol. The van der Waals surface area contributed by atoms with Gasteiger partial charge in [0.05, 0.1) is 0 Å². The lowest BCUT2D eigenvalue weighted by molar-refractivity contribution is 0.661. The van der Waals surface area contributed by atoms with Gasteiger partial charge in [-0.1, -0.05) is 172 Å². The molecule has 0 saturated heterocycles. The van der Waals surface area contributed by atoms with Gasteiger partial charge in [-0.2, -0.15) is 0 Å². The molecular formula is C57H41N. The molecule has 0 N–H and O–H groups in total. The molecule has 0 atom stereocenters. The summed E-state index contributed by atoms with van der Waals surface area (Å²) in [6.45, 7) is 4.78. The lowest BCUT2D eigenvalue weighted by Gasteiger charge is -2.26. The van der Waals surface area contributed by atoms with E-state index < -0.39 is 0 Å². The Balaban J connectivity index is 0.972. The summed E-state index contributed by atoms with van der Waals surface area (Å²) in [5, 5.41) is 7.92. The Kier molecular flexibility index (Phi) is 7.91. The van der Waals surface area contributed by atoms with Crippen LogP contribution in [0.25, 0.3) is 76.8 Å². The van der Waals surface area contributed by atoms with E-state index >= 15 is 0 Å². The summed E-state index contributed by atoms with van der Waals surface area (Å²) >= 11 is 0. The molecule has 0 fully saturated rings. The number of nitrogens with zero attached hydrogens (tertiary/aromatic N) is 1. The van der Waals surface area contributed by atoms with Gasteiger partial charge in [0.2, 0.25) is 0 Å². The minimum absolute atomic E-state index is 0.143. The highest BCUT2D eigenvalue weighted by atomic mass is 15.1. The summed E-state index contributed by atoms with van der Waals surface area (Å²) in [6.07, 6.45) is 0. The zero-order valence-corrected chi connectivity index (χ0v) is 32.7. The highest BCUT2D eigenvalue weighted by Gasteiger charge is 2.36. The SMILES string of the molecule is CC1(C)c2cc(-c3ccc(N(c4ccc(-c5ccccc5)cc4)c4ccc(-c5ccccc5)cc4)cc3)ccc2-c2cc3c4ccccc4c4ccccc4c3cc21. The Morgan fingerprint density at radius 1 is 0.276 bits per heavy atom. The predicted octanol–water partition coefficient (Wildman–Crippen LogP) is 15.9. The maximum atomic E-state index is 2.49. The van der Waals surface area contributed by atoms with Crippen molar-refractivity contribution in [3.05, 3.63) is 223 Å². The van der Waals surface area contributed by atoms with Gasteiger partial charge in [0.25, 0.3) is 0 Å². The van der Waals surface area contributed by atoms with Crippen molar-refractivity contribution in [3.8, 4) is 44.5 Å². The van der Waals surface area contributed by atoms with Crippen molar-refractivity contribution in [2.24, 2.45) is 0 Å². The van der Waals surface area contributed by atoms with Gasteiger partial charge in [0.1, 0.15) is 0 Å². The highest BCUT2D eigenvalue weighted by molar-refractivity contribution is 6.26. The minimum atomic E-state index is -0.143. The van der Waals surface area contributed by atoms with Crippen LogP contribution in [0.1, 0.15) is 25.0 Å². The molecule has 0 bridgehead atoms.